The Labute approximate surface area is 63.2 Å². The fourth-order valence-electron chi connectivity index (χ4n) is 2.54. The Morgan fingerprint density at radius 3 is 2.70 bits per heavy atom. The Bertz CT molecular complexity index is 99.3. The van der Waals surface area contributed by atoms with Crippen molar-refractivity contribution in [2.75, 3.05) is 13.1 Å². The van der Waals surface area contributed by atoms with Gasteiger partial charge >= 0.3 is 0 Å². The van der Waals surface area contributed by atoms with Crippen molar-refractivity contribution in [3.8, 4) is 0 Å². The average molecular weight is 139 g/mol. The molecule has 0 bridgehead atoms. The van der Waals surface area contributed by atoms with Gasteiger partial charge in [0.05, 0.1) is 0 Å². The summed E-state index contributed by atoms with van der Waals surface area (Å²) in [5.74, 6) is 2.14. The van der Waals surface area contributed by atoms with E-state index in [-0.39, 0.29) is 0 Å². The summed E-state index contributed by atoms with van der Waals surface area (Å²) in [7, 11) is 0. The van der Waals surface area contributed by atoms with E-state index >= 15 is 0 Å². The molecule has 1 aliphatic carbocycles. The average Bonchev–Trinajstić information content (AvgIpc) is 2.28. The van der Waals surface area contributed by atoms with Crippen molar-refractivity contribution in [1.82, 2.24) is 5.32 Å². The first-order valence-corrected chi connectivity index (χ1v) is 4.67. The largest absolute Gasteiger partial charge is 0.316 e. The molecule has 0 radical (unpaired) electrons. The Morgan fingerprint density at radius 2 is 1.70 bits per heavy atom. The summed E-state index contributed by atoms with van der Waals surface area (Å²) in [6, 6.07) is 0. The standard InChI is InChI=1S/C9H17N/c1-3-8-5-2-6-10-7-9(8)4-1/h8-10H,1-7H2/t8-,9-/m0/s1. The van der Waals surface area contributed by atoms with Crippen LogP contribution >= 0.6 is 0 Å². The quantitative estimate of drug-likeness (QED) is 0.539. The summed E-state index contributed by atoms with van der Waals surface area (Å²) < 4.78 is 0. The molecule has 2 aliphatic rings. The Morgan fingerprint density at radius 1 is 0.900 bits per heavy atom. The number of hydrogen-bond donors (Lipinski definition) is 1. The van der Waals surface area contributed by atoms with Gasteiger partial charge in [0.15, 0.2) is 0 Å². The van der Waals surface area contributed by atoms with Crippen molar-refractivity contribution < 1.29 is 0 Å². The van der Waals surface area contributed by atoms with Crippen LogP contribution in [0.2, 0.25) is 0 Å². The minimum absolute atomic E-state index is 1.04. The number of hydrogen-bond acceptors (Lipinski definition) is 1. The van der Waals surface area contributed by atoms with Gasteiger partial charge in [-0.25, -0.2) is 0 Å². The Kier molecular flexibility index (Phi) is 1.94. The molecule has 1 heteroatoms. The molecule has 1 nitrogen and oxygen atoms in total. The summed E-state index contributed by atoms with van der Waals surface area (Å²) in [6.45, 7) is 2.58. The number of rotatable bonds is 0. The SMILES string of the molecule is C1CNC[C@@H]2CCC[C@H]2C1. The molecule has 1 saturated carbocycles. The van der Waals surface area contributed by atoms with E-state index in [4.69, 9.17) is 0 Å². The zero-order valence-electron chi connectivity index (χ0n) is 6.60. The number of nitrogens with one attached hydrogen (secondary N) is 1. The molecule has 1 saturated heterocycles. The van der Waals surface area contributed by atoms with Crippen LogP contribution < -0.4 is 5.32 Å². The van der Waals surface area contributed by atoms with E-state index in [0.29, 0.717) is 0 Å². The molecule has 0 amide bonds. The molecule has 10 heavy (non-hydrogen) atoms. The first-order chi connectivity index (χ1) is 4.97. The van der Waals surface area contributed by atoms with Crippen molar-refractivity contribution in [1.29, 1.82) is 0 Å². The fraction of sp³-hybridized carbons (Fsp3) is 1.00. The lowest BCUT2D eigenvalue weighted by molar-refractivity contribution is 0.383. The molecule has 0 aromatic carbocycles. The minimum Gasteiger partial charge on any atom is -0.316 e. The summed E-state index contributed by atoms with van der Waals surface area (Å²) in [5, 5.41) is 3.52. The van der Waals surface area contributed by atoms with Gasteiger partial charge < -0.3 is 5.32 Å². The molecule has 58 valence electrons. The summed E-state index contributed by atoms with van der Waals surface area (Å²) in [6.07, 6.45) is 7.43. The van der Waals surface area contributed by atoms with E-state index in [1.54, 1.807) is 0 Å². The molecule has 0 spiro atoms. The third-order valence-electron chi connectivity index (χ3n) is 3.15. The van der Waals surface area contributed by atoms with E-state index in [1.807, 2.05) is 0 Å². The highest BCUT2D eigenvalue weighted by Crippen LogP contribution is 2.35. The zero-order chi connectivity index (χ0) is 6.81. The molecule has 0 unspecified atom stereocenters. The van der Waals surface area contributed by atoms with Gasteiger partial charge in [0, 0.05) is 0 Å². The van der Waals surface area contributed by atoms with Crippen LogP contribution in [0.15, 0.2) is 0 Å². The normalized spacial score (nSPS) is 40.8. The Balaban J connectivity index is 1.95. The van der Waals surface area contributed by atoms with Gasteiger partial charge in [0.1, 0.15) is 0 Å². The van der Waals surface area contributed by atoms with E-state index in [9.17, 15) is 0 Å². The molecule has 2 rings (SSSR count). The van der Waals surface area contributed by atoms with Crippen molar-refractivity contribution in [2.45, 2.75) is 32.1 Å². The monoisotopic (exact) mass is 139 g/mol. The second-order valence-electron chi connectivity index (χ2n) is 3.80. The predicted octanol–water partition coefficient (Wildman–Crippen LogP) is 1.79. The summed E-state index contributed by atoms with van der Waals surface area (Å²) >= 11 is 0. The lowest BCUT2D eigenvalue weighted by Crippen LogP contribution is -2.21. The molecule has 2 atom stereocenters. The topological polar surface area (TPSA) is 12.0 Å². The predicted molar refractivity (Wildman–Crippen MR) is 42.9 cm³/mol. The molecule has 1 aliphatic heterocycles. The third-order valence-corrected chi connectivity index (χ3v) is 3.15. The molecule has 1 heterocycles. The van der Waals surface area contributed by atoms with E-state index in [1.165, 1.54) is 45.2 Å². The zero-order valence-corrected chi connectivity index (χ0v) is 6.60. The van der Waals surface area contributed by atoms with Gasteiger partial charge in [-0.05, 0) is 44.2 Å². The van der Waals surface area contributed by atoms with Gasteiger partial charge in [-0.2, -0.15) is 0 Å². The molecular formula is C9H17N. The molecule has 1 N–H and O–H groups in total. The van der Waals surface area contributed by atoms with Crippen LogP contribution in [0.1, 0.15) is 32.1 Å². The lowest BCUT2D eigenvalue weighted by Gasteiger charge is -2.14. The second-order valence-corrected chi connectivity index (χ2v) is 3.80. The van der Waals surface area contributed by atoms with E-state index in [0.717, 1.165) is 11.8 Å². The summed E-state index contributed by atoms with van der Waals surface area (Å²) in [5.41, 5.74) is 0. The highest BCUT2D eigenvalue weighted by atomic mass is 14.9. The smallest absolute Gasteiger partial charge is 0.00179 e. The third kappa shape index (κ3) is 1.20. The fourth-order valence-corrected chi connectivity index (χ4v) is 2.54. The first kappa shape index (κ1) is 6.66. The highest BCUT2D eigenvalue weighted by molar-refractivity contribution is 4.81. The van der Waals surface area contributed by atoms with Crippen molar-refractivity contribution in [3.63, 3.8) is 0 Å². The van der Waals surface area contributed by atoms with Crippen LogP contribution in [0.3, 0.4) is 0 Å². The second kappa shape index (κ2) is 2.91. The maximum atomic E-state index is 3.52. The van der Waals surface area contributed by atoms with Gasteiger partial charge in [-0.15, -0.1) is 0 Å². The highest BCUT2D eigenvalue weighted by Gasteiger charge is 2.27. The first-order valence-electron chi connectivity index (χ1n) is 4.67. The van der Waals surface area contributed by atoms with E-state index in [2.05, 4.69) is 5.32 Å². The molecule has 0 aromatic rings. The van der Waals surface area contributed by atoms with Gasteiger partial charge in [0.2, 0.25) is 0 Å². The van der Waals surface area contributed by atoms with Crippen LogP contribution in [-0.4, -0.2) is 13.1 Å². The maximum absolute atomic E-state index is 3.52. The maximum Gasteiger partial charge on any atom is -0.00179 e. The van der Waals surface area contributed by atoms with Gasteiger partial charge in [-0.1, -0.05) is 12.8 Å². The van der Waals surface area contributed by atoms with E-state index < -0.39 is 0 Å². The van der Waals surface area contributed by atoms with Crippen molar-refractivity contribution >= 4 is 0 Å². The summed E-state index contributed by atoms with van der Waals surface area (Å²) in [4.78, 5) is 0. The van der Waals surface area contributed by atoms with Crippen LogP contribution in [-0.2, 0) is 0 Å². The molecule has 0 aromatic heterocycles. The molecule has 2 fully saturated rings. The molecular weight excluding hydrogens is 122 g/mol. The van der Waals surface area contributed by atoms with Crippen molar-refractivity contribution in [2.24, 2.45) is 11.8 Å². The van der Waals surface area contributed by atoms with Gasteiger partial charge in [0.25, 0.3) is 0 Å². The van der Waals surface area contributed by atoms with Gasteiger partial charge in [-0.3, -0.25) is 0 Å². The van der Waals surface area contributed by atoms with Crippen LogP contribution in [0.4, 0.5) is 0 Å². The Hall–Kier alpha value is -0.0400. The van der Waals surface area contributed by atoms with Crippen LogP contribution in [0.5, 0.6) is 0 Å². The lowest BCUT2D eigenvalue weighted by atomic mass is 9.93. The van der Waals surface area contributed by atoms with Crippen molar-refractivity contribution in [3.05, 3.63) is 0 Å². The van der Waals surface area contributed by atoms with Crippen LogP contribution in [0.25, 0.3) is 0 Å². The number of fused-ring (bicyclic) bond motifs is 1. The van der Waals surface area contributed by atoms with Crippen LogP contribution in [0, 0.1) is 11.8 Å². The minimum atomic E-state index is 1.04.